The number of carbonyl (C=O) groups excluding carboxylic acids is 2. The Hall–Kier alpha value is -2.14. The van der Waals surface area contributed by atoms with E-state index in [2.05, 4.69) is 74.3 Å². The van der Waals surface area contributed by atoms with Crippen molar-refractivity contribution in [3.8, 4) is 0 Å². The van der Waals surface area contributed by atoms with Gasteiger partial charge in [0.15, 0.2) is 0 Å². The zero-order valence-corrected chi connectivity index (χ0v) is 37.6. The number of nitrogens with zero attached hydrogens (tertiary/aromatic N) is 1. The number of allylic oxidation sites excluding steroid dienone is 8. The van der Waals surface area contributed by atoms with Gasteiger partial charge in [-0.2, -0.15) is 0 Å². The fourth-order valence-corrected chi connectivity index (χ4v) is 6.91. The molecule has 0 radical (unpaired) electrons. The van der Waals surface area contributed by atoms with Crippen LogP contribution in [0, 0.1) is 0 Å². The lowest BCUT2D eigenvalue weighted by molar-refractivity contribution is -0.144. The number of hydrogen-bond donors (Lipinski definition) is 0. The molecular weight excluding hydrogens is 691 g/mol. The number of esters is 2. The van der Waals surface area contributed by atoms with Crippen molar-refractivity contribution in [2.75, 3.05) is 32.8 Å². The second kappa shape index (κ2) is 47.2. The molecule has 0 aliphatic heterocycles. The molecule has 0 bridgehead atoms. The van der Waals surface area contributed by atoms with Gasteiger partial charge in [0.25, 0.3) is 0 Å². The van der Waals surface area contributed by atoms with E-state index >= 15 is 0 Å². The van der Waals surface area contributed by atoms with Crippen LogP contribution in [0.25, 0.3) is 0 Å². The predicted molar refractivity (Wildman–Crippen MR) is 244 cm³/mol. The normalized spacial score (nSPS) is 12.1. The summed E-state index contributed by atoms with van der Waals surface area (Å²) in [5.41, 5.74) is 0. The lowest BCUT2D eigenvalue weighted by Crippen LogP contribution is -2.27. The van der Waals surface area contributed by atoms with Gasteiger partial charge in [-0.1, -0.05) is 159 Å². The third-order valence-corrected chi connectivity index (χ3v) is 10.5. The first kappa shape index (κ1) is 53.9. The third-order valence-electron chi connectivity index (χ3n) is 10.5. The molecule has 0 aliphatic rings. The summed E-state index contributed by atoms with van der Waals surface area (Å²) in [4.78, 5) is 26.9. The molecule has 0 aliphatic carbocycles. The molecule has 0 atom stereocenters. The van der Waals surface area contributed by atoms with Gasteiger partial charge in [-0.05, 0) is 129 Å². The summed E-state index contributed by atoms with van der Waals surface area (Å²) in [6, 6.07) is 0. The Morgan fingerprint density at radius 2 is 0.696 bits per heavy atom. The van der Waals surface area contributed by atoms with Crippen LogP contribution < -0.4 is 0 Å². The fraction of sp³-hybridized carbons (Fsp3) is 0.804. The quantitative estimate of drug-likeness (QED) is 0.0350. The molecule has 5 heteroatoms. The smallest absolute Gasteiger partial charge is 0.305 e. The summed E-state index contributed by atoms with van der Waals surface area (Å²) in [7, 11) is 0. The number of carbonyl (C=O) groups is 2. The first-order valence-corrected chi connectivity index (χ1v) is 24.3. The molecule has 0 N–H and O–H groups in total. The van der Waals surface area contributed by atoms with Gasteiger partial charge in [-0.25, -0.2) is 0 Å². The average molecular weight is 784 g/mol. The van der Waals surface area contributed by atoms with Crippen LogP contribution in [0.2, 0.25) is 0 Å². The predicted octanol–water partition coefficient (Wildman–Crippen LogP) is 15.5. The third kappa shape index (κ3) is 44.6. The minimum atomic E-state index is -0.0296. The van der Waals surface area contributed by atoms with Crippen LogP contribution in [0.15, 0.2) is 48.6 Å². The molecule has 0 spiro atoms. The van der Waals surface area contributed by atoms with E-state index in [4.69, 9.17) is 9.47 Å². The van der Waals surface area contributed by atoms with Gasteiger partial charge in [0.05, 0.1) is 13.2 Å². The summed E-state index contributed by atoms with van der Waals surface area (Å²) < 4.78 is 11.0. The van der Waals surface area contributed by atoms with Gasteiger partial charge < -0.3 is 14.4 Å². The number of unbranched alkanes of at least 4 members (excludes halogenated alkanes) is 22. The first-order valence-electron chi connectivity index (χ1n) is 24.3. The van der Waals surface area contributed by atoms with Gasteiger partial charge in [0, 0.05) is 12.8 Å². The highest BCUT2D eigenvalue weighted by molar-refractivity contribution is 5.69. The highest BCUT2D eigenvalue weighted by Crippen LogP contribution is 2.12. The Kier molecular flexibility index (Phi) is 45.4. The highest BCUT2D eigenvalue weighted by atomic mass is 16.5. The maximum Gasteiger partial charge on any atom is 0.305 e. The fourth-order valence-electron chi connectivity index (χ4n) is 6.91. The van der Waals surface area contributed by atoms with E-state index in [0.717, 1.165) is 103 Å². The van der Waals surface area contributed by atoms with Crippen molar-refractivity contribution in [2.45, 2.75) is 233 Å². The first-order chi connectivity index (χ1) is 27.6. The largest absolute Gasteiger partial charge is 0.466 e. The van der Waals surface area contributed by atoms with E-state index < -0.39 is 0 Å². The van der Waals surface area contributed by atoms with Gasteiger partial charge in [0.2, 0.25) is 0 Å². The standard InChI is InChI=1S/C51H93NO4/c1-4-7-9-11-13-15-17-19-21-23-25-27-29-31-33-41-48-55-50(53)43-37-35-39-46-52(45-6-3)47-40-36-38-44-51(54)56-49-42-34-32-30-28-26-24-22-20-18-16-14-12-10-8-5-2/h13-16,19-22H,4-12,17-18,23-49H2,1-3H3/b15-13-,16-14-,21-19-,22-20-. The van der Waals surface area contributed by atoms with Crippen LogP contribution in [0.4, 0.5) is 0 Å². The van der Waals surface area contributed by atoms with Gasteiger partial charge in [-0.3, -0.25) is 9.59 Å². The molecule has 56 heavy (non-hydrogen) atoms. The second-order valence-corrected chi connectivity index (χ2v) is 16.1. The van der Waals surface area contributed by atoms with E-state index in [1.54, 1.807) is 0 Å². The SMILES string of the molecule is CCCCC/C=C\C/C=C\CCCCCCCCOC(=O)CCCCCN(CCC)CCCCCC(=O)OCCCCCCCC/C=C\C/C=C\CCCCC. The van der Waals surface area contributed by atoms with Gasteiger partial charge in [0.1, 0.15) is 0 Å². The maximum absolute atomic E-state index is 12.2. The molecule has 5 nitrogen and oxygen atoms in total. The summed E-state index contributed by atoms with van der Waals surface area (Å²) >= 11 is 0. The van der Waals surface area contributed by atoms with Crippen molar-refractivity contribution < 1.29 is 19.1 Å². The molecule has 0 aromatic heterocycles. The Bertz CT molecular complexity index is 866. The minimum Gasteiger partial charge on any atom is -0.466 e. The van der Waals surface area contributed by atoms with Crippen molar-refractivity contribution in [1.29, 1.82) is 0 Å². The molecule has 0 aromatic carbocycles. The number of hydrogen-bond acceptors (Lipinski definition) is 5. The lowest BCUT2D eigenvalue weighted by atomic mass is 10.1. The molecule has 0 saturated carbocycles. The van der Waals surface area contributed by atoms with E-state index in [1.807, 2.05) is 0 Å². The van der Waals surface area contributed by atoms with Gasteiger partial charge >= 0.3 is 11.9 Å². The zero-order valence-electron chi connectivity index (χ0n) is 37.6. The Balaban J connectivity index is 3.58. The van der Waals surface area contributed by atoms with E-state index in [9.17, 15) is 9.59 Å². The summed E-state index contributed by atoms with van der Waals surface area (Å²) in [5.74, 6) is -0.0592. The van der Waals surface area contributed by atoms with Gasteiger partial charge in [-0.15, -0.1) is 0 Å². The molecular formula is C51H93NO4. The summed E-state index contributed by atoms with van der Waals surface area (Å²) in [6.07, 6.45) is 56.3. The van der Waals surface area contributed by atoms with Crippen LogP contribution in [-0.2, 0) is 19.1 Å². The summed E-state index contributed by atoms with van der Waals surface area (Å²) in [6.45, 7) is 11.2. The Morgan fingerprint density at radius 1 is 0.357 bits per heavy atom. The zero-order chi connectivity index (χ0) is 40.7. The molecule has 0 heterocycles. The molecule has 0 fully saturated rings. The molecule has 0 amide bonds. The van der Waals surface area contributed by atoms with Crippen LogP contribution >= 0.6 is 0 Å². The van der Waals surface area contributed by atoms with Crippen LogP contribution in [0.3, 0.4) is 0 Å². The van der Waals surface area contributed by atoms with Crippen molar-refractivity contribution in [2.24, 2.45) is 0 Å². The average Bonchev–Trinajstić information content (AvgIpc) is 3.19. The van der Waals surface area contributed by atoms with E-state index in [-0.39, 0.29) is 11.9 Å². The lowest BCUT2D eigenvalue weighted by Gasteiger charge is -2.21. The van der Waals surface area contributed by atoms with E-state index in [0.29, 0.717) is 26.1 Å². The summed E-state index contributed by atoms with van der Waals surface area (Å²) in [5, 5.41) is 0. The highest BCUT2D eigenvalue weighted by Gasteiger charge is 2.07. The second-order valence-electron chi connectivity index (χ2n) is 16.1. The molecule has 326 valence electrons. The van der Waals surface area contributed by atoms with Crippen LogP contribution in [0.5, 0.6) is 0 Å². The maximum atomic E-state index is 12.2. The van der Waals surface area contributed by atoms with Crippen molar-refractivity contribution in [1.82, 2.24) is 4.90 Å². The molecule has 0 rings (SSSR count). The van der Waals surface area contributed by atoms with Crippen LogP contribution in [0.1, 0.15) is 233 Å². The van der Waals surface area contributed by atoms with Crippen molar-refractivity contribution in [3.05, 3.63) is 48.6 Å². The Labute approximate surface area is 349 Å². The Morgan fingerprint density at radius 3 is 1.07 bits per heavy atom. The number of ether oxygens (including phenoxy) is 2. The van der Waals surface area contributed by atoms with Crippen molar-refractivity contribution in [3.63, 3.8) is 0 Å². The minimum absolute atomic E-state index is 0.0296. The molecule has 0 aromatic rings. The van der Waals surface area contributed by atoms with Crippen LogP contribution in [-0.4, -0.2) is 49.7 Å². The topological polar surface area (TPSA) is 55.8 Å². The number of rotatable bonds is 44. The van der Waals surface area contributed by atoms with Crippen molar-refractivity contribution >= 4 is 11.9 Å². The monoisotopic (exact) mass is 784 g/mol. The molecule has 0 unspecified atom stereocenters. The molecule has 0 saturated heterocycles. The van der Waals surface area contributed by atoms with E-state index in [1.165, 1.54) is 116 Å².